The second-order valence-electron chi connectivity index (χ2n) is 11.1. The maximum atomic E-state index is 13.6. The van der Waals surface area contributed by atoms with Crippen LogP contribution in [0.15, 0.2) is 48.5 Å². The number of carboxylic acid groups (broad SMARTS) is 1. The van der Waals surface area contributed by atoms with Crippen LogP contribution in [-0.4, -0.2) is 70.9 Å². The third kappa shape index (κ3) is 6.11. The van der Waals surface area contributed by atoms with Gasteiger partial charge in [-0.25, -0.2) is 9.59 Å². The van der Waals surface area contributed by atoms with E-state index in [0.717, 1.165) is 28.7 Å². The average Bonchev–Trinajstić information content (AvgIpc) is 3.44. The van der Waals surface area contributed by atoms with Crippen LogP contribution in [0, 0.1) is 5.92 Å². The van der Waals surface area contributed by atoms with Gasteiger partial charge < -0.3 is 24.4 Å². The third-order valence-corrected chi connectivity index (χ3v) is 7.34. The van der Waals surface area contributed by atoms with Crippen molar-refractivity contribution in [2.24, 2.45) is 5.92 Å². The fourth-order valence-corrected chi connectivity index (χ4v) is 5.55. The fourth-order valence-electron chi connectivity index (χ4n) is 5.55. The highest BCUT2D eigenvalue weighted by atomic mass is 16.6. The summed E-state index contributed by atoms with van der Waals surface area (Å²) in [6, 6.07) is 16.0. The molecule has 8 nitrogen and oxygen atoms in total. The van der Waals surface area contributed by atoms with Crippen molar-refractivity contribution < 1.29 is 29.0 Å². The van der Waals surface area contributed by atoms with Gasteiger partial charge in [-0.3, -0.25) is 4.79 Å². The lowest BCUT2D eigenvalue weighted by Crippen LogP contribution is -2.46. The van der Waals surface area contributed by atoms with E-state index in [1.807, 2.05) is 52.0 Å². The summed E-state index contributed by atoms with van der Waals surface area (Å²) >= 11 is 0. The van der Waals surface area contributed by atoms with E-state index < -0.39 is 23.8 Å². The van der Waals surface area contributed by atoms with E-state index in [9.17, 15) is 19.5 Å². The largest absolute Gasteiger partial charge is 0.481 e. The Morgan fingerprint density at radius 2 is 1.61 bits per heavy atom. The molecule has 0 saturated carbocycles. The van der Waals surface area contributed by atoms with E-state index in [2.05, 4.69) is 24.3 Å². The molecule has 2 aliphatic rings. The van der Waals surface area contributed by atoms with Crippen LogP contribution >= 0.6 is 0 Å². The van der Waals surface area contributed by atoms with Crippen LogP contribution in [0.1, 0.15) is 64.0 Å². The number of fused-ring (bicyclic) bond motifs is 3. The van der Waals surface area contributed by atoms with Crippen molar-refractivity contribution in [1.82, 2.24) is 9.80 Å². The summed E-state index contributed by atoms with van der Waals surface area (Å²) in [4.78, 5) is 40.8. The first kappa shape index (κ1) is 27.5. The van der Waals surface area contributed by atoms with Crippen LogP contribution in [0.2, 0.25) is 0 Å². The fraction of sp³-hybridized carbons (Fsp3) is 0.500. The van der Waals surface area contributed by atoms with Gasteiger partial charge >= 0.3 is 18.2 Å². The average molecular weight is 523 g/mol. The molecule has 1 N–H and O–H groups in total. The number of benzene rings is 2. The van der Waals surface area contributed by atoms with Gasteiger partial charge in [0.15, 0.2) is 0 Å². The Morgan fingerprint density at radius 1 is 1.00 bits per heavy atom. The highest BCUT2D eigenvalue weighted by Crippen LogP contribution is 2.44. The minimum Gasteiger partial charge on any atom is -0.481 e. The highest BCUT2D eigenvalue weighted by Gasteiger charge is 2.41. The van der Waals surface area contributed by atoms with Gasteiger partial charge in [-0.15, -0.1) is 0 Å². The molecule has 2 aromatic rings. The van der Waals surface area contributed by atoms with Crippen molar-refractivity contribution in [2.45, 2.75) is 64.5 Å². The molecule has 2 unspecified atom stereocenters. The molecule has 0 spiro atoms. The first-order chi connectivity index (χ1) is 18.1. The van der Waals surface area contributed by atoms with Gasteiger partial charge in [-0.05, 0) is 61.8 Å². The summed E-state index contributed by atoms with van der Waals surface area (Å²) in [6.45, 7) is 8.73. The number of carboxylic acids is 1. The maximum absolute atomic E-state index is 13.6. The van der Waals surface area contributed by atoms with Crippen LogP contribution in [-0.2, 0) is 14.3 Å². The van der Waals surface area contributed by atoms with Crippen molar-refractivity contribution in [2.75, 3.05) is 26.2 Å². The number of rotatable bonds is 8. The van der Waals surface area contributed by atoms with E-state index in [0.29, 0.717) is 19.5 Å². The van der Waals surface area contributed by atoms with Gasteiger partial charge in [0.25, 0.3) is 0 Å². The minimum absolute atomic E-state index is 0.0350. The summed E-state index contributed by atoms with van der Waals surface area (Å²) in [5.41, 5.74) is 3.93. The summed E-state index contributed by atoms with van der Waals surface area (Å²) in [5, 5.41) is 9.18. The Morgan fingerprint density at radius 3 is 2.16 bits per heavy atom. The third-order valence-electron chi connectivity index (χ3n) is 7.34. The zero-order chi connectivity index (χ0) is 27.4. The van der Waals surface area contributed by atoms with Gasteiger partial charge in [0, 0.05) is 32.0 Å². The molecule has 0 bridgehead atoms. The van der Waals surface area contributed by atoms with Crippen LogP contribution in [0.4, 0.5) is 9.59 Å². The Kier molecular flexibility index (Phi) is 8.29. The molecule has 1 aliphatic heterocycles. The maximum Gasteiger partial charge on any atom is 0.410 e. The van der Waals surface area contributed by atoms with Crippen LogP contribution in [0.5, 0.6) is 0 Å². The van der Waals surface area contributed by atoms with Gasteiger partial charge in [0.2, 0.25) is 0 Å². The lowest BCUT2D eigenvalue weighted by Gasteiger charge is -2.32. The van der Waals surface area contributed by atoms with Crippen molar-refractivity contribution in [3.05, 3.63) is 59.7 Å². The molecule has 1 fully saturated rings. The molecule has 2 atom stereocenters. The number of ether oxygens (including phenoxy) is 2. The normalized spacial score (nSPS) is 18.6. The summed E-state index contributed by atoms with van der Waals surface area (Å²) in [5.74, 6) is -0.949. The molecule has 204 valence electrons. The Hall–Kier alpha value is -3.55. The summed E-state index contributed by atoms with van der Waals surface area (Å²) in [7, 11) is 0. The number of hydrogen-bond donors (Lipinski definition) is 1. The van der Waals surface area contributed by atoms with Gasteiger partial charge in [0.05, 0.1) is 6.04 Å². The second-order valence-corrected chi connectivity index (χ2v) is 11.1. The molecule has 8 heteroatoms. The smallest absolute Gasteiger partial charge is 0.410 e. The number of aliphatic carboxylic acids is 1. The van der Waals surface area contributed by atoms with Crippen molar-refractivity contribution >= 4 is 18.2 Å². The van der Waals surface area contributed by atoms with E-state index in [-0.39, 0.29) is 37.5 Å². The van der Waals surface area contributed by atoms with Gasteiger partial charge in [0.1, 0.15) is 12.2 Å². The lowest BCUT2D eigenvalue weighted by atomic mass is 9.98. The number of amides is 2. The predicted molar refractivity (Wildman–Crippen MR) is 144 cm³/mol. The number of carbonyl (C=O) groups is 3. The Balaban J connectivity index is 1.51. The summed E-state index contributed by atoms with van der Waals surface area (Å²) < 4.78 is 11.5. The predicted octanol–water partition coefficient (Wildman–Crippen LogP) is 5.75. The van der Waals surface area contributed by atoms with E-state index >= 15 is 0 Å². The molecular formula is C30H38N2O6. The monoisotopic (exact) mass is 522 g/mol. The molecule has 1 heterocycles. The number of carbonyl (C=O) groups excluding carboxylic acids is 2. The molecule has 4 rings (SSSR count). The van der Waals surface area contributed by atoms with Gasteiger partial charge in [-0.2, -0.15) is 0 Å². The number of hydrogen-bond acceptors (Lipinski definition) is 5. The topological polar surface area (TPSA) is 96.4 Å². The summed E-state index contributed by atoms with van der Waals surface area (Å²) in [6.07, 6.45) is 0.129. The molecule has 1 aliphatic carbocycles. The molecule has 0 radical (unpaired) electrons. The SMILES string of the molecule is CCC1CN(C(=O)OC(C)(C)C)CC1N(CCCC(=O)O)C(=O)OCC1c2ccccc2-c2ccccc21. The van der Waals surface area contributed by atoms with Crippen LogP contribution in [0.3, 0.4) is 0 Å². The molecule has 2 amide bonds. The highest BCUT2D eigenvalue weighted by molar-refractivity contribution is 5.79. The first-order valence-electron chi connectivity index (χ1n) is 13.4. The number of nitrogens with zero attached hydrogens (tertiary/aromatic N) is 2. The second kappa shape index (κ2) is 11.5. The molecule has 1 saturated heterocycles. The zero-order valence-corrected chi connectivity index (χ0v) is 22.7. The van der Waals surface area contributed by atoms with Crippen LogP contribution in [0.25, 0.3) is 11.1 Å². The Labute approximate surface area is 224 Å². The molecule has 0 aromatic heterocycles. The van der Waals surface area contributed by atoms with Gasteiger partial charge in [-0.1, -0.05) is 55.5 Å². The van der Waals surface area contributed by atoms with E-state index in [4.69, 9.17) is 9.47 Å². The number of likely N-dealkylation sites (tertiary alicyclic amines) is 1. The Bertz CT molecular complexity index is 1130. The zero-order valence-electron chi connectivity index (χ0n) is 22.7. The van der Waals surface area contributed by atoms with Crippen molar-refractivity contribution in [1.29, 1.82) is 0 Å². The molecule has 38 heavy (non-hydrogen) atoms. The lowest BCUT2D eigenvalue weighted by molar-refractivity contribution is -0.137. The van der Waals surface area contributed by atoms with Crippen molar-refractivity contribution in [3.8, 4) is 11.1 Å². The quantitative estimate of drug-likeness (QED) is 0.474. The molecule has 2 aromatic carbocycles. The first-order valence-corrected chi connectivity index (χ1v) is 13.4. The van der Waals surface area contributed by atoms with Crippen LogP contribution < -0.4 is 0 Å². The van der Waals surface area contributed by atoms with Crippen molar-refractivity contribution in [3.63, 3.8) is 0 Å². The standard InChI is InChI=1S/C30H38N2O6/c1-5-20-17-31(28(35)38-30(2,3)4)18-26(20)32(16-10-15-27(33)34)29(36)37-19-25-23-13-8-6-11-21(23)22-12-7-9-14-24(22)25/h6-9,11-14,20,25-26H,5,10,15-19H2,1-4H3,(H,33,34). The molecular weight excluding hydrogens is 484 g/mol. The van der Waals surface area contributed by atoms with E-state index in [1.54, 1.807) is 9.80 Å². The minimum atomic E-state index is -0.911. The van der Waals surface area contributed by atoms with E-state index in [1.165, 1.54) is 0 Å².